The number of benzene rings is 2. The van der Waals surface area contributed by atoms with Crippen molar-refractivity contribution in [2.24, 2.45) is 0 Å². The number of aromatic nitrogens is 1. The molecule has 3 rings (SSSR count). The van der Waals surface area contributed by atoms with Crippen molar-refractivity contribution < 1.29 is 0 Å². The van der Waals surface area contributed by atoms with Gasteiger partial charge in [0.05, 0.1) is 0 Å². The van der Waals surface area contributed by atoms with Gasteiger partial charge in [0, 0.05) is 25.7 Å². The molecule has 0 fully saturated rings. The second-order valence-electron chi connectivity index (χ2n) is 7.75. The summed E-state index contributed by atoms with van der Waals surface area (Å²) in [6.07, 6.45) is 1.67. The monoisotopic (exact) mass is 374 g/mol. The first-order chi connectivity index (χ1) is 13.4. The van der Waals surface area contributed by atoms with Gasteiger partial charge in [0.2, 0.25) is 0 Å². The maximum Gasteiger partial charge on any atom is 0.272 e. The number of hydrogen-bond donors (Lipinski definition) is 1. The molecule has 0 aliphatic rings. The first-order valence-electron chi connectivity index (χ1n) is 9.96. The van der Waals surface area contributed by atoms with E-state index >= 15 is 0 Å². The Kier molecular flexibility index (Phi) is 6.03. The molecule has 0 saturated carbocycles. The van der Waals surface area contributed by atoms with Crippen LogP contribution >= 0.6 is 0 Å². The molecule has 1 aromatic heterocycles. The minimum absolute atomic E-state index is 0.00694. The fraction of sp³-hybridized carbons (Fsp3) is 0.320. The largest absolute Gasteiger partial charge is 0.366 e. The highest BCUT2D eigenvalue weighted by Gasteiger charge is 2.19. The topological polar surface area (TPSA) is 36.1 Å². The lowest BCUT2D eigenvalue weighted by Crippen LogP contribution is -2.28. The summed E-state index contributed by atoms with van der Waals surface area (Å²) in [4.78, 5) is 18.2. The molecule has 3 nitrogen and oxygen atoms in total. The molecule has 3 aromatic rings. The van der Waals surface area contributed by atoms with Crippen molar-refractivity contribution in [2.75, 3.05) is 11.9 Å². The molecule has 1 N–H and O–H groups in total. The summed E-state index contributed by atoms with van der Waals surface area (Å²) in [5, 5.41) is 0. The van der Waals surface area contributed by atoms with E-state index in [1.54, 1.807) is 0 Å². The molecule has 1 heterocycles. The normalized spacial score (nSPS) is 10.9. The molecule has 0 aliphatic heterocycles. The quantitative estimate of drug-likeness (QED) is 0.652. The number of aromatic amines is 1. The van der Waals surface area contributed by atoms with E-state index in [9.17, 15) is 4.79 Å². The number of nitrogens with one attached hydrogen (secondary N) is 1. The predicted octanol–water partition coefficient (Wildman–Crippen LogP) is 5.09. The van der Waals surface area contributed by atoms with Crippen LogP contribution in [0.25, 0.3) is 0 Å². The third kappa shape index (κ3) is 4.36. The molecule has 0 amide bonds. The van der Waals surface area contributed by atoms with Gasteiger partial charge in [-0.25, -0.2) is 0 Å². The number of anilines is 1. The zero-order valence-electron chi connectivity index (χ0n) is 17.6. The molecule has 0 radical (unpaired) electrons. The van der Waals surface area contributed by atoms with Crippen LogP contribution in [-0.2, 0) is 19.4 Å². The summed E-state index contributed by atoms with van der Waals surface area (Å²) in [6, 6.07) is 16.9. The van der Waals surface area contributed by atoms with Crippen LogP contribution in [0.1, 0.15) is 46.0 Å². The van der Waals surface area contributed by atoms with Gasteiger partial charge in [-0.1, -0.05) is 66.6 Å². The van der Waals surface area contributed by atoms with Gasteiger partial charge in [-0.2, -0.15) is 0 Å². The molecule has 0 bridgehead atoms. The van der Waals surface area contributed by atoms with Crippen LogP contribution in [0.4, 0.5) is 5.69 Å². The maximum absolute atomic E-state index is 13.0. The Labute approximate surface area is 168 Å². The summed E-state index contributed by atoms with van der Waals surface area (Å²) in [5.74, 6) is 0. The van der Waals surface area contributed by atoms with Gasteiger partial charge >= 0.3 is 0 Å². The maximum atomic E-state index is 13.0. The van der Waals surface area contributed by atoms with Crippen LogP contribution in [0, 0.1) is 20.8 Å². The molecule has 0 unspecified atom stereocenters. The molecule has 0 aliphatic carbocycles. The molecular formula is C25H30N2O. The van der Waals surface area contributed by atoms with Gasteiger partial charge in [-0.05, 0) is 49.4 Å². The van der Waals surface area contributed by atoms with Crippen LogP contribution in [0.15, 0.2) is 53.3 Å². The molecule has 2 aromatic carbocycles. The van der Waals surface area contributed by atoms with Gasteiger partial charge in [0.15, 0.2) is 0 Å². The molecule has 3 heteroatoms. The summed E-state index contributed by atoms with van der Waals surface area (Å²) < 4.78 is 0. The SMILES string of the molecule is CCc1c(C)[nH]c(=O)c(N(C)Cc2ccccc2)c1Cc1cc(C)cc(C)c1. The van der Waals surface area contributed by atoms with E-state index in [-0.39, 0.29) is 5.56 Å². The van der Waals surface area contributed by atoms with Crippen molar-refractivity contribution in [2.45, 2.75) is 47.1 Å². The van der Waals surface area contributed by atoms with Gasteiger partial charge in [0.1, 0.15) is 5.69 Å². The Bertz CT molecular complexity index is 998. The van der Waals surface area contributed by atoms with Gasteiger partial charge in [-0.3, -0.25) is 4.79 Å². The Morgan fingerprint density at radius 1 is 0.893 bits per heavy atom. The molecule has 146 valence electrons. The van der Waals surface area contributed by atoms with E-state index in [1.165, 1.54) is 27.8 Å². The Balaban J connectivity index is 2.09. The second kappa shape index (κ2) is 8.47. The van der Waals surface area contributed by atoms with Crippen molar-refractivity contribution in [3.8, 4) is 0 Å². The fourth-order valence-electron chi connectivity index (χ4n) is 4.20. The molecule has 0 atom stereocenters. The Morgan fingerprint density at radius 2 is 1.54 bits per heavy atom. The second-order valence-corrected chi connectivity index (χ2v) is 7.75. The van der Waals surface area contributed by atoms with E-state index in [1.807, 2.05) is 32.2 Å². The van der Waals surface area contributed by atoms with E-state index < -0.39 is 0 Å². The molecule has 28 heavy (non-hydrogen) atoms. The highest BCUT2D eigenvalue weighted by atomic mass is 16.1. The smallest absolute Gasteiger partial charge is 0.272 e. The standard InChI is InChI=1S/C25H30N2O/c1-6-22-19(4)26-25(28)24(27(5)16-20-10-8-7-9-11-20)23(22)15-21-13-17(2)12-18(3)14-21/h7-14H,6,15-16H2,1-5H3,(H,26,28). The first kappa shape index (κ1) is 19.9. The first-order valence-corrected chi connectivity index (χ1v) is 9.96. The lowest BCUT2D eigenvalue weighted by Gasteiger charge is -2.25. The van der Waals surface area contributed by atoms with E-state index in [0.29, 0.717) is 6.54 Å². The predicted molar refractivity (Wildman–Crippen MR) is 118 cm³/mol. The van der Waals surface area contributed by atoms with E-state index in [2.05, 4.69) is 61.0 Å². The number of hydrogen-bond acceptors (Lipinski definition) is 2. The lowest BCUT2D eigenvalue weighted by molar-refractivity contribution is 0.875. The molecular weight excluding hydrogens is 344 g/mol. The average Bonchev–Trinajstić information content (AvgIpc) is 2.61. The fourth-order valence-corrected chi connectivity index (χ4v) is 4.20. The summed E-state index contributed by atoms with van der Waals surface area (Å²) in [5.41, 5.74) is 9.11. The zero-order chi connectivity index (χ0) is 20.3. The van der Waals surface area contributed by atoms with Gasteiger partial charge in [0.25, 0.3) is 5.56 Å². The van der Waals surface area contributed by atoms with Crippen LogP contribution in [0.3, 0.4) is 0 Å². The minimum atomic E-state index is -0.00694. The van der Waals surface area contributed by atoms with E-state index in [4.69, 9.17) is 0 Å². The zero-order valence-corrected chi connectivity index (χ0v) is 17.6. The van der Waals surface area contributed by atoms with Crippen molar-refractivity contribution in [3.63, 3.8) is 0 Å². The highest BCUT2D eigenvalue weighted by Crippen LogP contribution is 2.26. The van der Waals surface area contributed by atoms with Crippen molar-refractivity contribution in [1.82, 2.24) is 4.98 Å². The van der Waals surface area contributed by atoms with Gasteiger partial charge < -0.3 is 9.88 Å². The molecule has 0 spiro atoms. The van der Waals surface area contributed by atoms with Gasteiger partial charge in [-0.15, -0.1) is 0 Å². The number of H-pyrrole nitrogens is 1. The average molecular weight is 375 g/mol. The highest BCUT2D eigenvalue weighted by molar-refractivity contribution is 5.58. The van der Waals surface area contributed by atoms with Crippen molar-refractivity contribution >= 4 is 5.69 Å². The number of nitrogens with zero attached hydrogens (tertiary/aromatic N) is 1. The number of aryl methyl sites for hydroxylation is 3. The third-order valence-electron chi connectivity index (χ3n) is 5.28. The van der Waals surface area contributed by atoms with Crippen molar-refractivity contribution in [3.05, 3.63) is 98.0 Å². The Morgan fingerprint density at radius 3 is 2.14 bits per heavy atom. The third-order valence-corrected chi connectivity index (χ3v) is 5.28. The lowest BCUT2D eigenvalue weighted by atomic mass is 9.94. The van der Waals surface area contributed by atoms with Crippen LogP contribution in [0.5, 0.6) is 0 Å². The van der Waals surface area contributed by atoms with Crippen LogP contribution in [0.2, 0.25) is 0 Å². The van der Waals surface area contributed by atoms with Crippen molar-refractivity contribution in [1.29, 1.82) is 0 Å². The summed E-state index contributed by atoms with van der Waals surface area (Å²) in [6.45, 7) is 9.13. The van der Waals surface area contributed by atoms with Crippen LogP contribution < -0.4 is 10.5 Å². The summed E-state index contributed by atoms with van der Waals surface area (Å²) in [7, 11) is 2.01. The minimum Gasteiger partial charge on any atom is -0.366 e. The molecule has 0 saturated heterocycles. The number of pyridine rings is 1. The van der Waals surface area contributed by atoms with E-state index in [0.717, 1.165) is 29.8 Å². The summed E-state index contributed by atoms with van der Waals surface area (Å²) >= 11 is 0. The van der Waals surface area contributed by atoms with Crippen LogP contribution in [-0.4, -0.2) is 12.0 Å². The Hall–Kier alpha value is -2.81. The number of rotatable bonds is 6.